The fourth-order valence-electron chi connectivity index (χ4n) is 4.06. The molecule has 0 radical (unpaired) electrons. The molecule has 0 saturated heterocycles. The van der Waals surface area contributed by atoms with Gasteiger partial charge in [0.1, 0.15) is 6.04 Å². The van der Waals surface area contributed by atoms with Gasteiger partial charge in [0.25, 0.3) is 0 Å². The monoisotopic (exact) mass is 356 g/mol. The summed E-state index contributed by atoms with van der Waals surface area (Å²) in [6.45, 7) is 1.42. The predicted molar refractivity (Wildman–Crippen MR) is 99.2 cm³/mol. The molecule has 5 heteroatoms. The van der Waals surface area contributed by atoms with Crippen LogP contribution in [0.2, 0.25) is 0 Å². The van der Waals surface area contributed by atoms with Crippen molar-refractivity contribution in [2.75, 3.05) is 41.7 Å². The summed E-state index contributed by atoms with van der Waals surface area (Å²) in [7, 11) is 7.95. The fraction of sp³-hybridized carbons (Fsp3) is 0.429. The summed E-state index contributed by atoms with van der Waals surface area (Å²) in [4.78, 5) is 0. The van der Waals surface area contributed by atoms with Crippen LogP contribution in [0.15, 0.2) is 30.3 Å². The van der Waals surface area contributed by atoms with Gasteiger partial charge in [-0.15, -0.1) is 0 Å². The van der Waals surface area contributed by atoms with Gasteiger partial charge in [-0.1, -0.05) is 6.07 Å². The number of ether oxygens (including phenoxy) is 4. The second-order valence-electron chi connectivity index (χ2n) is 7.57. The lowest BCUT2D eigenvalue weighted by Crippen LogP contribution is -2.48. The molecule has 1 unspecified atom stereocenters. The summed E-state index contributed by atoms with van der Waals surface area (Å²) in [5, 5.41) is 0. The van der Waals surface area contributed by atoms with Crippen LogP contribution in [0.3, 0.4) is 0 Å². The van der Waals surface area contributed by atoms with E-state index in [2.05, 4.69) is 38.4 Å². The number of nitrogens with zero attached hydrogens (tertiary/aromatic N) is 1. The number of methoxy groups -OCH3 is 2. The first-order valence-corrected chi connectivity index (χ1v) is 8.98. The molecule has 2 aliphatic heterocycles. The minimum Gasteiger partial charge on any atom is -0.493 e. The van der Waals surface area contributed by atoms with Crippen molar-refractivity contribution in [2.24, 2.45) is 0 Å². The molecular weight excluding hydrogens is 330 g/mol. The van der Waals surface area contributed by atoms with Gasteiger partial charge in [-0.2, -0.15) is 0 Å². The lowest BCUT2D eigenvalue weighted by Gasteiger charge is -2.43. The molecule has 138 valence electrons. The molecule has 2 heterocycles. The largest absolute Gasteiger partial charge is 0.493 e. The molecule has 5 nitrogen and oxygen atoms in total. The highest BCUT2D eigenvalue weighted by Crippen LogP contribution is 2.43. The molecule has 0 amide bonds. The Balaban J connectivity index is 1.71. The zero-order chi connectivity index (χ0) is 18.3. The van der Waals surface area contributed by atoms with E-state index in [1.165, 1.54) is 16.7 Å². The maximum atomic E-state index is 5.63. The van der Waals surface area contributed by atoms with Crippen molar-refractivity contribution in [3.05, 3.63) is 47.0 Å². The molecule has 0 N–H and O–H groups in total. The fourth-order valence-corrected chi connectivity index (χ4v) is 4.06. The number of benzene rings is 2. The third kappa shape index (κ3) is 2.86. The number of fused-ring (bicyclic) bond motifs is 2. The van der Waals surface area contributed by atoms with Gasteiger partial charge in [0.15, 0.2) is 23.0 Å². The molecule has 4 rings (SSSR count). The Kier molecular flexibility index (Phi) is 4.19. The van der Waals surface area contributed by atoms with Gasteiger partial charge in [0, 0.05) is 18.4 Å². The summed E-state index contributed by atoms with van der Waals surface area (Å²) in [5.41, 5.74) is 3.97. The zero-order valence-electron chi connectivity index (χ0n) is 15.9. The molecule has 0 spiro atoms. The Hall–Kier alpha value is -2.40. The molecule has 26 heavy (non-hydrogen) atoms. The van der Waals surface area contributed by atoms with E-state index in [0.717, 1.165) is 46.9 Å². The summed E-state index contributed by atoms with van der Waals surface area (Å²) < 4.78 is 23.0. The van der Waals surface area contributed by atoms with Crippen molar-refractivity contribution >= 4 is 0 Å². The summed E-state index contributed by atoms with van der Waals surface area (Å²) >= 11 is 0. The molecule has 0 saturated carbocycles. The first-order chi connectivity index (χ1) is 12.5. The van der Waals surface area contributed by atoms with Crippen molar-refractivity contribution in [3.8, 4) is 23.0 Å². The molecule has 0 aromatic heterocycles. The average molecular weight is 356 g/mol. The van der Waals surface area contributed by atoms with Crippen molar-refractivity contribution < 1.29 is 23.4 Å². The molecular formula is C21H26NO4+. The molecule has 0 aliphatic carbocycles. The third-order valence-corrected chi connectivity index (χ3v) is 5.67. The molecule has 2 aromatic carbocycles. The number of hydrogen-bond donors (Lipinski definition) is 0. The van der Waals surface area contributed by atoms with Crippen LogP contribution in [-0.2, 0) is 12.8 Å². The Morgan fingerprint density at radius 3 is 2.46 bits per heavy atom. The number of hydrogen-bond acceptors (Lipinski definition) is 4. The smallest absolute Gasteiger partial charge is 0.231 e. The van der Waals surface area contributed by atoms with Crippen molar-refractivity contribution in [1.82, 2.24) is 0 Å². The third-order valence-electron chi connectivity index (χ3n) is 5.67. The number of likely N-dealkylation sites (N-methyl/N-ethyl adjacent to an activating group) is 1. The maximum Gasteiger partial charge on any atom is 0.231 e. The van der Waals surface area contributed by atoms with E-state index in [1.807, 2.05) is 6.07 Å². The van der Waals surface area contributed by atoms with Crippen LogP contribution < -0.4 is 18.9 Å². The van der Waals surface area contributed by atoms with Crippen molar-refractivity contribution in [1.29, 1.82) is 0 Å². The SMILES string of the molecule is COc1ccc(CC2c3cc4c(cc3CC[N+]2(C)C)OCO4)cc1OC. The van der Waals surface area contributed by atoms with Gasteiger partial charge in [-0.05, 0) is 35.4 Å². The minimum absolute atomic E-state index is 0.316. The Morgan fingerprint density at radius 1 is 1.00 bits per heavy atom. The van der Waals surface area contributed by atoms with Crippen LogP contribution in [0.1, 0.15) is 22.7 Å². The quantitative estimate of drug-likeness (QED) is 0.788. The van der Waals surface area contributed by atoms with Crippen LogP contribution in [-0.4, -0.2) is 46.1 Å². The number of quaternary nitrogens is 1. The van der Waals surface area contributed by atoms with Gasteiger partial charge in [-0.3, -0.25) is 0 Å². The number of rotatable bonds is 4. The molecule has 0 fully saturated rings. The Labute approximate surface area is 154 Å². The average Bonchev–Trinajstić information content (AvgIpc) is 3.10. The van der Waals surface area contributed by atoms with Gasteiger partial charge in [-0.25, -0.2) is 0 Å². The van der Waals surface area contributed by atoms with E-state index in [1.54, 1.807) is 14.2 Å². The van der Waals surface area contributed by atoms with E-state index < -0.39 is 0 Å². The van der Waals surface area contributed by atoms with E-state index in [-0.39, 0.29) is 0 Å². The van der Waals surface area contributed by atoms with Gasteiger partial charge in [0.2, 0.25) is 6.79 Å². The van der Waals surface area contributed by atoms with Crippen LogP contribution in [0.5, 0.6) is 23.0 Å². The zero-order valence-corrected chi connectivity index (χ0v) is 15.9. The lowest BCUT2D eigenvalue weighted by atomic mass is 9.87. The Bertz CT molecular complexity index is 831. The second-order valence-corrected chi connectivity index (χ2v) is 7.57. The highest BCUT2D eigenvalue weighted by atomic mass is 16.7. The lowest BCUT2D eigenvalue weighted by molar-refractivity contribution is -0.923. The van der Waals surface area contributed by atoms with Crippen LogP contribution >= 0.6 is 0 Å². The topological polar surface area (TPSA) is 36.9 Å². The first-order valence-electron chi connectivity index (χ1n) is 8.98. The van der Waals surface area contributed by atoms with Gasteiger partial charge in [0.05, 0.1) is 34.9 Å². The summed E-state index contributed by atoms with van der Waals surface area (Å²) in [6, 6.07) is 10.9. The highest BCUT2D eigenvalue weighted by Gasteiger charge is 2.37. The van der Waals surface area contributed by atoms with E-state index in [4.69, 9.17) is 18.9 Å². The Morgan fingerprint density at radius 2 is 1.73 bits per heavy atom. The van der Waals surface area contributed by atoms with E-state index in [9.17, 15) is 0 Å². The predicted octanol–water partition coefficient (Wildman–Crippen LogP) is 3.35. The van der Waals surface area contributed by atoms with Crippen LogP contribution in [0.4, 0.5) is 0 Å². The van der Waals surface area contributed by atoms with E-state index in [0.29, 0.717) is 12.8 Å². The summed E-state index contributed by atoms with van der Waals surface area (Å²) in [5.74, 6) is 3.28. The van der Waals surface area contributed by atoms with Crippen LogP contribution in [0.25, 0.3) is 0 Å². The van der Waals surface area contributed by atoms with Crippen molar-refractivity contribution in [3.63, 3.8) is 0 Å². The van der Waals surface area contributed by atoms with Gasteiger partial charge >= 0.3 is 0 Å². The van der Waals surface area contributed by atoms with Crippen LogP contribution in [0, 0.1) is 0 Å². The highest BCUT2D eigenvalue weighted by molar-refractivity contribution is 5.50. The standard InChI is InChI=1S/C21H26NO4/c1-22(2)8-7-15-11-20-21(26-13-25-20)12-16(15)17(22)9-14-5-6-18(23-3)19(10-14)24-4/h5-6,10-12,17H,7-9,13H2,1-4H3/q+1. The van der Waals surface area contributed by atoms with Gasteiger partial charge < -0.3 is 23.4 Å². The molecule has 0 bridgehead atoms. The molecule has 2 aromatic rings. The first kappa shape index (κ1) is 17.0. The van der Waals surface area contributed by atoms with Crippen molar-refractivity contribution in [2.45, 2.75) is 18.9 Å². The summed E-state index contributed by atoms with van der Waals surface area (Å²) in [6.07, 6.45) is 1.99. The van der Waals surface area contributed by atoms with E-state index >= 15 is 0 Å². The molecule has 1 atom stereocenters. The molecule has 2 aliphatic rings. The maximum absolute atomic E-state index is 5.63. The second kappa shape index (κ2) is 6.40. The normalized spacial score (nSPS) is 19.8. The minimum atomic E-state index is 0.316.